The van der Waals surface area contributed by atoms with Gasteiger partial charge >= 0.3 is 0 Å². The molecule has 0 saturated carbocycles. The summed E-state index contributed by atoms with van der Waals surface area (Å²) in [7, 11) is 0. The van der Waals surface area contributed by atoms with Gasteiger partial charge in [-0.05, 0) is 44.1 Å². The van der Waals surface area contributed by atoms with E-state index < -0.39 is 0 Å². The minimum absolute atomic E-state index is 0.780. The van der Waals surface area contributed by atoms with Crippen LogP contribution < -0.4 is 5.32 Å². The lowest BCUT2D eigenvalue weighted by molar-refractivity contribution is 0.178. The molecule has 2 heteroatoms. The Labute approximate surface area is 81.0 Å². The number of ether oxygens (including phenoxy) is 1. The van der Waals surface area contributed by atoms with E-state index in [1.807, 2.05) is 0 Å². The van der Waals surface area contributed by atoms with Crippen LogP contribution in [-0.2, 0) is 4.74 Å². The Bertz CT molecular complexity index is 146. The zero-order valence-corrected chi connectivity index (χ0v) is 8.59. The Hall–Kier alpha value is -0.0800. The van der Waals surface area contributed by atoms with E-state index in [2.05, 4.69) is 12.2 Å². The Kier molecular flexibility index (Phi) is 3.23. The number of rotatable bonds is 2. The van der Waals surface area contributed by atoms with E-state index in [1.54, 1.807) is 0 Å². The van der Waals surface area contributed by atoms with Crippen molar-refractivity contribution >= 4 is 0 Å². The van der Waals surface area contributed by atoms with Gasteiger partial charge in [0.2, 0.25) is 0 Å². The maximum atomic E-state index is 5.39. The van der Waals surface area contributed by atoms with E-state index in [0.717, 1.165) is 31.1 Å². The molecule has 2 aliphatic heterocycles. The van der Waals surface area contributed by atoms with E-state index in [9.17, 15) is 0 Å². The summed E-state index contributed by atoms with van der Waals surface area (Å²) in [6, 6.07) is 0.780. The molecule has 2 rings (SSSR count). The number of nitrogens with one attached hydrogen (secondary N) is 1. The van der Waals surface area contributed by atoms with Crippen LogP contribution in [0.2, 0.25) is 0 Å². The van der Waals surface area contributed by atoms with Gasteiger partial charge in [0, 0.05) is 19.3 Å². The van der Waals surface area contributed by atoms with E-state index >= 15 is 0 Å². The monoisotopic (exact) mass is 183 g/mol. The first-order valence-corrected chi connectivity index (χ1v) is 5.65. The minimum Gasteiger partial charge on any atom is -0.381 e. The van der Waals surface area contributed by atoms with Crippen molar-refractivity contribution in [1.82, 2.24) is 5.32 Å². The molecule has 0 aromatic carbocycles. The highest BCUT2D eigenvalue weighted by atomic mass is 16.5. The number of hydrogen-bond donors (Lipinski definition) is 1. The molecule has 2 nitrogen and oxygen atoms in total. The summed E-state index contributed by atoms with van der Waals surface area (Å²) in [5.74, 6) is 1.72. The van der Waals surface area contributed by atoms with E-state index in [1.165, 1.54) is 32.2 Å². The molecule has 0 radical (unpaired) electrons. The maximum Gasteiger partial charge on any atom is 0.0495 e. The summed E-state index contributed by atoms with van der Waals surface area (Å²) in [6.45, 7) is 5.56. The SMILES string of the molecule is CC1CCC(CC2CCOC2)NC1. The second kappa shape index (κ2) is 4.43. The summed E-state index contributed by atoms with van der Waals surface area (Å²) >= 11 is 0. The lowest BCUT2D eigenvalue weighted by atomic mass is 9.90. The highest BCUT2D eigenvalue weighted by molar-refractivity contribution is 4.79. The fourth-order valence-electron chi connectivity index (χ4n) is 2.43. The van der Waals surface area contributed by atoms with Gasteiger partial charge in [-0.3, -0.25) is 0 Å². The summed E-state index contributed by atoms with van der Waals surface area (Å²) in [5.41, 5.74) is 0. The molecule has 0 aromatic rings. The van der Waals surface area contributed by atoms with Gasteiger partial charge in [-0.15, -0.1) is 0 Å². The van der Waals surface area contributed by atoms with Crippen molar-refractivity contribution in [2.24, 2.45) is 11.8 Å². The molecule has 13 heavy (non-hydrogen) atoms. The zero-order valence-electron chi connectivity index (χ0n) is 8.59. The highest BCUT2D eigenvalue weighted by Gasteiger charge is 2.23. The highest BCUT2D eigenvalue weighted by Crippen LogP contribution is 2.23. The molecule has 2 saturated heterocycles. The predicted molar refractivity (Wildman–Crippen MR) is 53.7 cm³/mol. The van der Waals surface area contributed by atoms with Crippen LogP contribution in [0.3, 0.4) is 0 Å². The first kappa shape index (κ1) is 9.47. The maximum absolute atomic E-state index is 5.39. The predicted octanol–water partition coefficient (Wildman–Crippen LogP) is 1.80. The summed E-state index contributed by atoms with van der Waals surface area (Å²) < 4.78 is 5.39. The first-order valence-electron chi connectivity index (χ1n) is 5.65. The molecule has 3 atom stereocenters. The molecule has 3 unspecified atom stereocenters. The van der Waals surface area contributed by atoms with Crippen molar-refractivity contribution < 1.29 is 4.74 Å². The largest absolute Gasteiger partial charge is 0.381 e. The molecular weight excluding hydrogens is 162 g/mol. The van der Waals surface area contributed by atoms with Crippen molar-refractivity contribution in [3.8, 4) is 0 Å². The smallest absolute Gasteiger partial charge is 0.0495 e. The zero-order chi connectivity index (χ0) is 9.10. The Morgan fingerprint density at radius 1 is 1.31 bits per heavy atom. The quantitative estimate of drug-likeness (QED) is 0.705. The normalized spacial score (nSPS) is 40.8. The van der Waals surface area contributed by atoms with Crippen molar-refractivity contribution in [3.63, 3.8) is 0 Å². The van der Waals surface area contributed by atoms with Gasteiger partial charge in [0.15, 0.2) is 0 Å². The second-order valence-corrected chi connectivity index (χ2v) is 4.75. The summed E-state index contributed by atoms with van der Waals surface area (Å²) in [5, 5.41) is 3.64. The Morgan fingerprint density at radius 3 is 2.85 bits per heavy atom. The molecule has 2 fully saturated rings. The van der Waals surface area contributed by atoms with Gasteiger partial charge in [0.25, 0.3) is 0 Å². The van der Waals surface area contributed by atoms with Gasteiger partial charge in [0.1, 0.15) is 0 Å². The second-order valence-electron chi connectivity index (χ2n) is 4.75. The van der Waals surface area contributed by atoms with Crippen molar-refractivity contribution in [3.05, 3.63) is 0 Å². The molecular formula is C11H21NO. The van der Waals surface area contributed by atoms with Crippen LogP contribution >= 0.6 is 0 Å². The van der Waals surface area contributed by atoms with Crippen LogP contribution in [0.15, 0.2) is 0 Å². The van der Waals surface area contributed by atoms with E-state index in [0.29, 0.717) is 0 Å². The van der Waals surface area contributed by atoms with Crippen LogP contribution in [0, 0.1) is 11.8 Å². The number of hydrogen-bond acceptors (Lipinski definition) is 2. The number of piperidine rings is 1. The lowest BCUT2D eigenvalue weighted by Crippen LogP contribution is -2.39. The van der Waals surface area contributed by atoms with Crippen LogP contribution in [0.5, 0.6) is 0 Å². The van der Waals surface area contributed by atoms with Gasteiger partial charge in [0.05, 0.1) is 0 Å². The van der Waals surface area contributed by atoms with Crippen molar-refractivity contribution in [2.45, 2.75) is 38.6 Å². The third kappa shape index (κ3) is 2.68. The average Bonchev–Trinajstić information content (AvgIpc) is 2.62. The van der Waals surface area contributed by atoms with Gasteiger partial charge in [-0.1, -0.05) is 6.92 Å². The molecule has 2 aliphatic rings. The summed E-state index contributed by atoms with van der Waals surface area (Å²) in [4.78, 5) is 0. The average molecular weight is 183 g/mol. The van der Waals surface area contributed by atoms with Crippen LogP contribution in [0.1, 0.15) is 32.6 Å². The fourth-order valence-corrected chi connectivity index (χ4v) is 2.43. The van der Waals surface area contributed by atoms with Gasteiger partial charge < -0.3 is 10.1 Å². The fraction of sp³-hybridized carbons (Fsp3) is 1.00. The molecule has 0 spiro atoms. The summed E-state index contributed by atoms with van der Waals surface area (Å²) in [6.07, 6.45) is 5.41. The van der Waals surface area contributed by atoms with Crippen LogP contribution in [0.4, 0.5) is 0 Å². The molecule has 0 aromatic heterocycles. The standard InChI is InChI=1S/C11H21NO/c1-9-2-3-11(12-7-9)6-10-4-5-13-8-10/h9-12H,2-8H2,1H3. The van der Waals surface area contributed by atoms with E-state index in [4.69, 9.17) is 4.74 Å². The molecule has 0 bridgehead atoms. The lowest BCUT2D eigenvalue weighted by Gasteiger charge is -2.29. The van der Waals surface area contributed by atoms with Crippen LogP contribution in [-0.4, -0.2) is 25.8 Å². The molecule has 76 valence electrons. The van der Waals surface area contributed by atoms with Gasteiger partial charge in [-0.25, -0.2) is 0 Å². The Balaban J connectivity index is 1.69. The minimum atomic E-state index is 0.780. The van der Waals surface area contributed by atoms with Crippen LogP contribution in [0.25, 0.3) is 0 Å². The first-order chi connectivity index (χ1) is 6.34. The molecule has 0 aliphatic carbocycles. The molecule has 1 N–H and O–H groups in total. The van der Waals surface area contributed by atoms with E-state index in [-0.39, 0.29) is 0 Å². The topological polar surface area (TPSA) is 21.3 Å². The van der Waals surface area contributed by atoms with Gasteiger partial charge in [-0.2, -0.15) is 0 Å². The third-order valence-electron chi connectivity index (χ3n) is 3.40. The third-order valence-corrected chi connectivity index (χ3v) is 3.40. The molecule has 0 amide bonds. The van der Waals surface area contributed by atoms with Crippen molar-refractivity contribution in [2.75, 3.05) is 19.8 Å². The molecule has 2 heterocycles. The Morgan fingerprint density at radius 2 is 2.23 bits per heavy atom. The van der Waals surface area contributed by atoms with Crippen molar-refractivity contribution in [1.29, 1.82) is 0 Å².